The minimum atomic E-state index is -0.342. The SMILES string of the molecule is CN(C)C(=O)C1CCC(CN=C(N)Nc2ccc3c(c2)CCC3)O1.I. The first-order chi connectivity index (χ1) is 11.5. The Kier molecular flexibility index (Phi) is 7.06. The molecule has 0 bridgehead atoms. The number of carbonyl (C=O) groups is 1. The number of hydrogen-bond acceptors (Lipinski definition) is 3. The molecule has 6 nitrogen and oxygen atoms in total. The number of benzene rings is 1. The Labute approximate surface area is 166 Å². The van der Waals surface area contributed by atoms with Crippen molar-refractivity contribution >= 4 is 41.5 Å². The maximum atomic E-state index is 11.9. The fourth-order valence-electron chi connectivity index (χ4n) is 3.35. The normalized spacial score (nSPS) is 22.2. The highest BCUT2D eigenvalue weighted by molar-refractivity contribution is 14.0. The third-order valence-electron chi connectivity index (χ3n) is 4.66. The molecule has 138 valence electrons. The summed E-state index contributed by atoms with van der Waals surface area (Å²) in [6, 6.07) is 6.36. The van der Waals surface area contributed by atoms with Crippen molar-refractivity contribution in [2.24, 2.45) is 10.7 Å². The summed E-state index contributed by atoms with van der Waals surface area (Å²) in [6.07, 6.45) is 4.73. The van der Waals surface area contributed by atoms with E-state index < -0.39 is 0 Å². The molecule has 1 heterocycles. The van der Waals surface area contributed by atoms with Crippen LogP contribution in [0.5, 0.6) is 0 Å². The number of ether oxygens (including phenoxy) is 1. The summed E-state index contributed by atoms with van der Waals surface area (Å²) in [4.78, 5) is 17.8. The van der Waals surface area contributed by atoms with Crippen LogP contribution in [0.2, 0.25) is 0 Å². The molecule has 2 atom stereocenters. The molecule has 2 aliphatic rings. The second kappa shape index (κ2) is 8.84. The van der Waals surface area contributed by atoms with Crippen molar-refractivity contribution in [3.8, 4) is 0 Å². The summed E-state index contributed by atoms with van der Waals surface area (Å²) >= 11 is 0. The molecule has 1 aromatic carbocycles. The Balaban J connectivity index is 0.00000225. The Morgan fingerprint density at radius 2 is 2.08 bits per heavy atom. The number of halogens is 1. The molecule has 0 aromatic heterocycles. The molecule has 7 heteroatoms. The van der Waals surface area contributed by atoms with Crippen LogP contribution in [0.3, 0.4) is 0 Å². The van der Waals surface area contributed by atoms with E-state index in [9.17, 15) is 4.79 Å². The molecule has 1 saturated heterocycles. The molecule has 0 radical (unpaired) electrons. The predicted molar refractivity (Wildman–Crippen MR) is 111 cm³/mol. The van der Waals surface area contributed by atoms with E-state index in [0.29, 0.717) is 12.5 Å². The largest absolute Gasteiger partial charge is 0.370 e. The molecular weight excluding hydrogens is 431 g/mol. The minimum absolute atomic E-state index is 0. The lowest BCUT2D eigenvalue weighted by atomic mass is 10.1. The summed E-state index contributed by atoms with van der Waals surface area (Å²) in [5.41, 5.74) is 9.79. The molecule has 1 amide bonds. The first-order valence-electron chi connectivity index (χ1n) is 8.58. The monoisotopic (exact) mass is 458 g/mol. The number of amides is 1. The van der Waals surface area contributed by atoms with Gasteiger partial charge in [-0.1, -0.05) is 6.07 Å². The van der Waals surface area contributed by atoms with Crippen molar-refractivity contribution in [2.45, 2.75) is 44.3 Å². The van der Waals surface area contributed by atoms with E-state index in [4.69, 9.17) is 10.5 Å². The van der Waals surface area contributed by atoms with Gasteiger partial charge in [0, 0.05) is 19.8 Å². The average molecular weight is 458 g/mol. The number of hydrogen-bond donors (Lipinski definition) is 2. The van der Waals surface area contributed by atoms with Crippen LogP contribution in [0.1, 0.15) is 30.4 Å². The fourth-order valence-corrected chi connectivity index (χ4v) is 3.35. The zero-order valence-corrected chi connectivity index (χ0v) is 17.2. The van der Waals surface area contributed by atoms with Gasteiger partial charge in [-0.2, -0.15) is 0 Å². The van der Waals surface area contributed by atoms with Crippen LogP contribution in [-0.4, -0.2) is 49.6 Å². The first kappa shape index (κ1) is 20.0. The molecule has 1 aliphatic heterocycles. The average Bonchev–Trinajstić information content (AvgIpc) is 3.20. The lowest BCUT2D eigenvalue weighted by Crippen LogP contribution is -2.34. The number of nitrogens with two attached hydrogens (primary N) is 1. The predicted octanol–water partition coefficient (Wildman–Crippen LogP) is 2.16. The van der Waals surface area contributed by atoms with Crippen LogP contribution in [0.4, 0.5) is 5.69 Å². The lowest BCUT2D eigenvalue weighted by Gasteiger charge is -2.16. The molecule has 3 rings (SSSR count). The highest BCUT2D eigenvalue weighted by atomic mass is 127. The minimum Gasteiger partial charge on any atom is -0.370 e. The zero-order chi connectivity index (χ0) is 17.1. The van der Waals surface area contributed by atoms with Gasteiger partial charge in [-0.05, 0) is 55.4 Å². The van der Waals surface area contributed by atoms with E-state index in [2.05, 4.69) is 22.4 Å². The molecule has 3 N–H and O–H groups in total. The van der Waals surface area contributed by atoms with Gasteiger partial charge in [-0.25, -0.2) is 0 Å². The highest BCUT2D eigenvalue weighted by Crippen LogP contribution is 2.25. The number of carbonyl (C=O) groups excluding carboxylic acids is 1. The van der Waals surface area contributed by atoms with Gasteiger partial charge >= 0.3 is 0 Å². The summed E-state index contributed by atoms with van der Waals surface area (Å²) in [7, 11) is 3.49. The number of rotatable bonds is 4. The summed E-state index contributed by atoms with van der Waals surface area (Å²) in [5.74, 6) is 0.407. The molecule has 1 aliphatic carbocycles. The number of likely N-dealkylation sites (N-methyl/N-ethyl adjacent to an activating group) is 1. The Morgan fingerprint density at radius 1 is 1.32 bits per heavy atom. The molecule has 0 saturated carbocycles. The van der Waals surface area contributed by atoms with Crippen molar-refractivity contribution in [1.82, 2.24) is 4.90 Å². The van der Waals surface area contributed by atoms with Gasteiger partial charge in [0.1, 0.15) is 6.10 Å². The van der Waals surface area contributed by atoms with Crippen LogP contribution >= 0.6 is 24.0 Å². The summed E-state index contributed by atoms with van der Waals surface area (Å²) < 4.78 is 5.76. The standard InChI is InChI=1S/C18H26N4O2.HI/c1-22(2)17(23)16-9-8-15(24-16)11-20-18(19)21-14-7-6-12-4-3-5-13(12)10-14;/h6-7,10,15-16H,3-5,8-9,11H2,1-2H3,(H3,19,20,21);1H. The maximum absolute atomic E-state index is 11.9. The van der Waals surface area contributed by atoms with E-state index in [0.717, 1.165) is 24.9 Å². The van der Waals surface area contributed by atoms with Crippen molar-refractivity contribution in [3.05, 3.63) is 29.3 Å². The van der Waals surface area contributed by atoms with Crippen LogP contribution in [0, 0.1) is 0 Å². The topological polar surface area (TPSA) is 80.0 Å². The quantitative estimate of drug-likeness (QED) is 0.412. The summed E-state index contributed by atoms with van der Waals surface area (Å²) in [5, 5.41) is 3.14. The number of fused-ring (bicyclic) bond motifs is 1. The number of aliphatic imine (C=N–C) groups is 1. The third-order valence-corrected chi connectivity index (χ3v) is 4.66. The van der Waals surface area contributed by atoms with E-state index in [1.54, 1.807) is 19.0 Å². The first-order valence-corrected chi connectivity index (χ1v) is 8.58. The van der Waals surface area contributed by atoms with Crippen LogP contribution in [0.25, 0.3) is 0 Å². The van der Waals surface area contributed by atoms with Gasteiger partial charge in [0.25, 0.3) is 5.91 Å². The van der Waals surface area contributed by atoms with Gasteiger partial charge in [-0.3, -0.25) is 9.79 Å². The molecule has 1 fully saturated rings. The molecule has 2 unspecified atom stereocenters. The molecule has 25 heavy (non-hydrogen) atoms. The zero-order valence-electron chi connectivity index (χ0n) is 14.8. The smallest absolute Gasteiger partial charge is 0.251 e. The van der Waals surface area contributed by atoms with Gasteiger partial charge in [0.15, 0.2) is 5.96 Å². The van der Waals surface area contributed by atoms with Crippen LogP contribution in [0.15, 0.2) is 23.2 Å². The van der Waals surface area contributed by atoms with Crippen molar-refractivity contribution in [1.29, 1.82) is 0 Å². The van der Waals surface area contributed by atoms with Crippen molar-refractivity contribution < 1.29 is 9.53 Å². The van der Waals surface area contributed by atoms with E-state index >= 15 is 0 Å². The maximum Gasteiger partial charge on any atom is 0.251 e. The van der Waals surface area contributed by atoms with Crippen molar-refractivity contribution in [3.63, 3.8) is 0 Å². The third kappa shape index (κ3) is 5.07. The molecule has 0 spiro atoms. The van der Waals surface area contributed by atoms with E-state index in [1.807, 2.05) is 6.07 Å². The van der Waals surface area contributed by atoms with Gasteiger partial charge < -0.3 is 20.7 Å². The lowest BCUT2D eigenvalue weighted by molar-refractivity contribution is -0.140. The Morgan fingerprint density at radius 3 is 2.84 bits per heavy atom. The highest BCUT2D eigenvalue weighted by Gasteiger charge is 2.31. The van der Waals surface area contributed by atoms with Crippen molar-refractivity contribution in [2.75, 3.05) is 26.0 Å². The fraction of sp³-hybridized carbons (Fsp3) is 0.556. The van der Waals surface area contributed by atoms with Crippen LogP contribution < -0.4 is 11.1 Å². The van der Waals surface area contributed by atoms with E-state index in [-0.39, 0.29) is 42.1 Å². The number of anilines is 1. The Bertz CT molecular complexity index is 648. The molecular formula is C18H27IN4O2. The second-order valence-corrected chi connectivity index (χ2v) is 6.74. The number of aryl methyl sites for hydroxylation is 2. The second-order valence-electron chi connectivity index (χ2n) is 6.74. The van der Waals surface area contributed by atoms with Gasteiger partial charge in [0.2, 0.25) is 0 Å². The summed E-state index contributed by atoms with van der Waals surface area (Å²) in [6.45, 7) is 0.473. The number of guanidine groups is 1. The molecule has 1 aromatic rings. The van der Waals surface area contributed by atoms with Crippen LogP contribution in [-0.2, 0) is 22.4 Å². The number of nitrogens with one attached hydrogen (secondary N) is 1. The van der Waals surface area contributed by atoms with Gasteiger partial charge in [-0.15, -0.1) is 24.0 Å². The van der Waals surface area contributed by atoms with Gasteiger partial charge in [0.05, 0.1) is 12.6 Å². The Hall–Kier alpha value is -1.35. The van der Waals surface area contributed by atoms with E-state index in [1.165, 1.54) is 24.0 Å². The number of nitrogens with zero attached hydrogens (tertiary/aromatic N) is 2.